The summed E-state index contributed by atoms with van der Waals surface area (Å²) < 4.78 is 35.1. The Kier molecular flexibility index (Phi) is 3.15. The Morgan fingerprint density at radius 1 is 1.30 bits per heavy atom. The van der Waals surface area contributed by atoms with Gasteiger partial charge in [0, 0.05) is 0 Å². The third kappa shape index (κ3) is 3.71. The first-order valence-corrected chi connectivity index (χ1v) is 3.16. The molecule has 0 rings (SSSR count). The molecular formula is C6H12F3N. The molecule has 0 aromatic carbocycles. The molecule has 0 spiro atoms. The number of alkyl halides is 3. The zero-order valence-corrected chi connectivity index (χ0v) is 6.07. The van der Waals surface area contributed by atoms with Crippen LogP contribution in [0.4, 0.5) is 13.2 Å². The molecule has 1 atom stereocenters. The lowest BCUT2D eigenvalue weighted by Gasteiger charge is -2.16. The van der Waals surface area contributed by atoms with Crippen molar-refractivity contribution < 1.29 is 13.2 Å². The molecule has 0 saturated carbocycles. The topological polar surface area (TPSA) is 26.0 Å². The van der Waals surface area contributed by atoms with Gasteiger partial charge < -0.3 is 5.73 Å². The minimum absolute atomic E-state index is 0.00313. The highest BCUT2D eigenvalue weighted by Gasteiger charge is 2.36. The highest BCUT2D eigenvalue weighted by molar-refractivity contribution is 4.71. The second-order valence-electron chi connectivity index (χ2n) is 2.78. The number of halogens is 3. The van der Waals surface area contributed by atoms with E-state index in [1.54, 1.807) is 13.8 Å². The van der Waals surface area contributed by atoms with Gasteiger partial charge in [0.1, 0.15) is 6.04 Å². The molecule has 0 aliphatic rings. The Morgan fingerprint density at radius 2 is 1.70 bits per heavy atom. The van der Waals surface area contributed by atoms with E-state index in [9.17, 15) is 13.2 Å². The number of hydrogen-bond acceptors (Lipinski definition) is 1. The zero-order valence-electron chi connectivity index (χ0n) is 6.07. The first-order valence-electron chi connectivity index (χ1n) is 3.16. The second kappa shape index (κ2) is 3.23. The van der Waals surface area contributed by atoms with Crippen LogP contribution in [0.5, 0.6) is 0 Å². The molecule has 62 valence electrons. The average molecular weight is 155 g/mol. The Morgan fingerprint density at radius 3 is 1.80 bits per heavy atom. The summed E-state index contributed by atoms with van der Waals surface area (Å²) in [6, 6.07) is -1.66. The molecule has 0 aliphatic heterocycles. The highest BCUT2D eigenvalue weighted by Crippen LogP contribution is 2.22. The van der Waals surface area contributed by atoms with Crippen LogP contribution in [0.1, 0.15) is 20.3 Å². The van der Waals surface area contributed by atoms with Gasteiger partial charge >= 0.3 is 6.18 Å². The predicted octanol–water partition coefficient (Wildman–Crippen LogP) is 1.92. The monoisotopic (exact) mass is 155 g/mol. The number of nitrogens with two attached hydrogens (primary N) is 1. The second-order valence-corrected chi connectivity index (χ2v) is 2.78. The van der Waals surface area contributed by atoms with E-state index in [1.165, 1.54) is 0 Å². The van der Waals surface area contributed by atoms with Gasteiger partial charge in [-0.1, -0.05) is 13.8 Å². The smallest absolute Gasteiger partial charge is 0.320 e. The summed E-state index contributed by atoms with van der Waals surface area (Å²) in [6.07, 6.45) is -4.23. The standard InChI is InChI=1S/C6H12F3N/c1-4(2)3-5(10)6(7,8)9/h4-5H,3,10H2,1-2H3/t5-/m1/s1. The molecule has 0 saturated heterocycles. The van der Waals surface area contributed by atoms with Gasteiger partial charge in [-0.3, -0.25) is 0 Å². The molecule has 2 N–H and O–H groups in total. The molecule has 0 radical (unpaired) electrons. The van der Waals surface area contributed by atoms with E-state index in [0.717, 1.165) is 0 Å². The lowest BCUT2D eigenvalue weighted by atomic mass is 10.0. The van der Waals surface area contributed by atoms with Gasteiger partial charge in [-0.05, 0) is 12.3 Å². The minimum atomic E-state index is -4.23. The minimum Gasteiger partial charge on any atom is -0.320 e. The largest absolute Gasteiger partial charge is 0.403 e. The fourth-order valence-electron chi connectivity index (χ4n) is 0.641. The van der Waals surface area contributed by atoms with E-state index in [2.05, 4.69) is 0 Å². The quantitative estimate of drug-likeness (QED) is 0.647. The van der Waals surface area contributed by atoms with Gasteiger partial charge in [-0.25, -0.2) is 0 Å². The van der Waals surface area contributed by atoms with Crippen LogP contribution in [-0.4, -0.2) is 12.2 Å². The molecule has 0 bridgehead atoms. The van der Waals surface area contributed by atoms with E-state index in [0.29, 0.717) is 0 Å². The van der Waals surface area contributed by atoms with Gasteiger partial charge in [-0.15, -0.1) is 0 Å². The summed E-state index contributed by atoms with van der Waals surface area (Å²) in [7, 11) is 0. The van der Waals surface area contributed by atoms with Gasteiger partial charge in [0.2, 0.25) is 0 Å². The van der Waals surface area contributed by atoms with Crippen LogP contribution in [0.15, 0.2) is 0 Å². The summed E-state index contributed by atoms with van der Waals surface area (Å²) in [5, 5.41) is 0. The first-order chi connectivity index (χ1) is 4.34. The predicted molar refractivity (Wildman–Crippen MR) is 33.5 cm³/mol. The van der Waals surface area contributed by atoms with Crippen LogP contribution in [0.2, 0.25) is 0 Å². The molecule has 0 aromatic rings. The normalized spacial score (nSPS) is 15.9. The Bertz CT molecular complexity index is 97.7. The number of hydrogen-bond donors (Lipinski definition) is 1. The summed E-state index contributed by atoms with van der Waals surface area (Å²) >= 11 is 0. The molecule has 0 fully saturated rings. The molecule has 0 amide bonds. The lowest BCUT2D eigenvalue weighted by molar-refractivity contribution is -0.150. The maximum absolute atomic E-state index is 11.7. The van der Waals surface area contributed by atoms with Crippen LogP contribution in [0, 0.1) is 5.92 Å². The molecule has 4 heteroatoms. The average Bonchev–Trinajstić information content (AvgIpc) is 1.60. The van der Waals surface area contributed by atoms with E-state index in [-0.39, 0.29) is 12.3 Å². The van der Waals surface area contributed by atoms with Crippen LogP contribution in [0.3, 0.4) is 0 Å². The van der Waals surface area contributed by atoms with Crippen LogP contribution in [-0.2, 0) is 0 Å². The third-order valence-electron chi connectivity index (χ3n) is 1.15. The maximum atomic E-state index is 11.7. The van der Waals surface area contributed by atoms with E-state index >= 15 is 0 Å². The summed E-state index contributed by atoms with van der Waals surface area (Å²) in [5.74, 6) is -0.00313. The van der Waals surface area contributed by atoms with Gasteiger partial charge in [0.15, 0.2) is 0 Å². The Labute approximate surface area is 58.4 Å². The molecular weight excluding hydrogens is 143 g/mol. The fourth-order valence-corrected chi connectivity index (χ4v) is 0.641. The van der Waals surface area contributed by atoms with E-state index in [4.69, 9.17) is 5.73 Å². The molecule has 0 heterocycles. The summed E-state index contributed by atoms with van der Waals surface area (Å²) in [5.41, 5.74) is 4.83. The van der Waals surface area contributed by atoms with Crippen molar-refractivity contribution in [1.82, 2.24) is 0 Å². The number of rotatable bonds is 2. The molecule has 0 aromatic heterocycles. The Hall–Kier alpha value is -0.250. The van der Waals surface area contributed by atoms with Gasteiger partial charge in [-0.2, -0.15) is 13.2 Å². The van der Waals surface area contributed by atoms with Crippen molar-refractivity contribution in [2.45, 2.75) is 32.5 Å². The van der Waals surface area contributed by atoms with Crippen LogP contribution in [0.25, 0.3) is 0 Å². The fraction of sp³-hybridized carbons (Fsp3) is 1.00. The summed E-state index contributed by atoms with van der Waals surface area (Å²) in [4.78, 5) is 0. The van der Waals surface area contributed by atoms with Crippen LogP contribution >= 0.6 is 0 Å². The first kappa shape index (κ1) is 9.75. The molecule has 0 unspecified atom stereocenters. The molecule has 10 heavy (non-hydrogen) atoms. The third-order valence-corrected chi connectivity index (χ3v) is 1.15. The van der Waals surface area contributed by atoms with Crippen molar-refractivity contribution >= 4 is 0 Å². The summed E-state index contributed by atoms with van der Waals surface area (Å²) in [6.45, 7) is 3.43. The van der Waals surface area contributed by atoms with Crippen molar-refractivity contribution in [2.75, 3.05) is 0 Å². The molecule has 1 nitrogen and oxygen atoms in total. The lowest BCUT2D eigenvalue weighted by Crippen LogP contribution is -2.38. The Balaban J connectivity index is 3.73. The van der Waals surface area contributed by atoms with Gasteiger partial charge in [0.25, 0.3) is 0 Å². The van der Waals surface area contributed by atoms with Crippen molar-refractivity contribution in [2.24, 2.45) is 11.7 Å². The van der Waals surface area contributed by atoms with E-state index in [1.807, 2.05) is 0 Å². The van der Waals surface area contributed by atoms with Crippen LogP contribution < -0.4 is 5.73 Å². The van der Waals surface area contributed by atoms with Crippen molar-refractivity contribution in [3.05, 3.63) is 0 Å². The van der Waals surface area contributed by atoms with Gasteiger partial charge in [0.05, 0.1) is 0 Å². The zero-order chi connectivity index (χ0) is 8.36. The van der Waals surface area contributed by atoms with Crippen molar-refractivity contribution in [3.63, 3.8) is 0 Å². The van der Waals surface area contributed by atoms with E-state index < -0.39 is 12.2 Å². The highest BCUT2D eigenvalue weighted by atomic mass is 19.4. The van der Waals surface area contributed by atoms with Crippen molar-refractivity contribution in [1.29, 1.82) is 0 Å². The molecule has 0 aliphatic carbocycles. The van der Waals surface area contributed by atoms with Crippen molar-refractivity contribution in [3.8, 4) is 0 Å². The SMILES string of the molecule is CC(C)C[C@@H](N)C(F)(F)F. The maximum Gasteiger partial charge on any atom is 0.403 e.